The van der Waals surface area contributed by atoms with Gasteiger partial charge in [-0.3, -0.25) is 0 Å². The monoisotopic (exact) mass is 352 g/mol. The molecule has 2 aromatic rings. The van der Waals surface area contributed by atoms with Crippen molar-refractivity contribution in [3.8, 4) is 11.1 Å². The number of aliphatic hydroxyl groups excluding tert-OH is 2. The van der Waals surface area contributed by atoms with Crippen LogP contribution in [0.3, 0.4) is 0 Å². The lowest BCUT2D eigenvalue weighted by molar-refractivity contribution is 0.163. The van der Waals surface area contributed by atoms with E-state index in [9.17, 15) is 5.11 Å². The predicted molar refractivity (Wildman–Crippen MR) is 97.0 cm³/mol. The molecule has 0 fully saturated rings. The second kappa shape index (κ2) is 9.29. The molecule has 2 aromatic carbocycles. The van der Waals surface area contributed by atoms with Crippen LogP contribution < -0.4 is 0 Å². The Bertz CT molecular complexity index is 611. The molecule has 2 N–H and O–H groups in total. The molecule has 0 amide bonds. The van der Waals surface area contributed by atoms with E-state index in [-0.39, 0.29) is 6.61 Å². The van der Waals surface area contributed by atoms with Crippen molar-refractivity contribution >= 4 is 23.2 Å². The highest BCUT2D eigenvalue weighted by Crippen LogP contribution is 2.31. The van der Waals surface area contributed by atoms with Crippen LogP contribution in [0.4, 0.5) is 0 Å². The van der Waals surface area contributed by atoms with Crippen molar-refractivity contribution < 1.29 is 10.2 Å². The second-order valence-electron chi connectivity index (χ2n) is 5.69. The van der Waals surface area contributed by atoms with Crippen molar-refractivity contribution in [3.63, 3.8) is 0 Å². The largest absolute Gasteiger partial charge is 0.396 e. The van der Waals surface area contributed by atoms with Gasteiger partial charge in [-0.15, -0.1) is 0 Å². The normalized spacial score (nSPS) is 12.3. The van der Waals surface area contributed by atoms with Gasteiger partial charge in [0.05, 0.1) is 6.10 Å². The molecule has 2 nitrogen and oxygen atoms in total. The van der Waals surface area contributed by atoms with Crippen LogP contribution in [0.25, 0.3) is 11.1 Å². The number of hydrogen-bond donors (Lipinski definition) is 2. The first kappa shape index (κ1) is 18.3. The van der Waals surface area contributed by atoms with Gasteiger partial charge in [-0.05, 0) is 36.1 Å². The van der Waals surface area contributed by atoms with E-state index in [0.29, 0.717) is 10.0 Å². The van der Waals surface area contributed by atoms with E-state index in [2.05, 4.69) is 0 Å². The highest BCUT2D eigenvalue weighted by Gasteiger charge is 2.09. The van der Waals surface area contributed by atoms with E-state index in [1.54, 1.807) is 6.07 Å². The van der Waals surface area contributed by atoms with Gasteiger partial charge in [-0.25, -0.2) is 0 Å². The van der Waals surface area contributed by atoms with Gasteiger partial charge in [-0.2, -0.15) is 0 Å². The maximum absolute atomic E-state index is 10.2. The Balaban J connectivity index is 1.96. The Labute approximate surface area is 147 Å². The zero-order valence-corrected chi connectivity index (χ0v) is 14.5. The Morgan fingerprint density at radius 2 is 1.57 bits per heavy atom. The van der Waals surface area contributed by atoms with Crippen molar-refractivity contribution in [2.75, 3.05) is 6.61 Å². The average molecular weight is 353 g/mol. The molecule has 2 rings (SSSR count). The second-order valence-corrected chi connectivity index (χ2v) is 6.53. The number of aliphatic hydroxyl groups is 2. The van der Waals surface area contributed by atoms with Crippen LogP contribution in [0.1, 0.15) is 43.8 Å². The van der Waals surface area contributed by atoms with Crippen LogP contribution in [0, 0.1) is 0 Å². The SMILES string of the molecule is OCCCCCCC(O)c1ccc(-c2ccc(Cl)cc2Cl)cc1. The lowest BCUT2D eigenvalue weighted by Gasteiger charge is -2.12. The smallest absolute Gasteiger partial charge is 0.0790 e. The van der Waals surface area contributed by atoms with Crippen LogP contribution in [-0.4, -0.2) is 16.8 Å². The first-order valence-corrected chi connectivity index (χ1v) is 8.71. The number of hydrogen-bond acceptors (Lipinski definition) is 2. The van der Waals surface area contributed by atoms with Gasteiger partial charge >= 0.3 is 0 Å². The summed E-state index contributed by atoms with van der Waals surface area (Å²) in [4.78, 5) is 0. The summed E-state index contributed by atoms with van der Waals surface area (Å²) in [5.41, 5.74) is 2.85. The summed E-state index contributed by atoms with van der Waals surface area (Å²) < 4.78 is 0. The Kier molecular flexibility index (Phi) is 7.38. The Hall–Kier alpha value is -1.06. The Morgan fingerprint density at radius 3 is 2.22 bits per heavy atom. The maximum atomic E-state index is 10.2. The fourth-order valence-corrected chi connectivity index (χ4v) is 3.10. The molecular weight excluding hydrogens is 331 g/mol. The van der Waals surface area contributed by atoms with Gasteiger partial charge in [0.2, 0.25) is 0 Å². The molecule has 23 heavy (non-hydrogen) atoms. The molecule has 0 bridgehead atoms. The lowest BCUT2D eigenvalue weighted by Crippen LogP contribution is -1.97. The number of unbranched alkanes of at least 4 members (excludes halogenated alkanes) is 3. The van der Waals surface area contributed by atoms with Gasteiger partial charge in [-0.1, -0.05) is 72.8 Å². The van der Waals surface area contributed by atoms with Crippen molar-refractivity contribution in [2.45, 2.75) is 38.2 Å². The van der Waals surface area contributed by atoms with Crippen LogP contribution in [0.2, 0.25) is 10.0 Å². The molecule has 0 heterocycles. The summed E-state index contributed by atoms with van der Waals surface area (Å²) in [6.07, 6.45) is 4.15. The molecule has 0 saturated carbocycles. The van der Waals surface area contributed by atoms with Crippen molar-refractivity contribution in [2.24, 2.45) is 0 Å². The third-order valence-electron chi connectivity index (χ3n) is 3.92. The summed E-state index contributed by atoms with van der Waals surface area (Å²) in [6, 6.07) is 13.3. The van der Waals surface area contributed by atoms with E-state index in [0.717, 1.165) is 48.8 Å². The average Bonchev–Trinajstić information content (AvgIpc) is 2.55. The molecular formula is C19H22Cl2O2. The van der Waals surface area contributed by atoms with Crippen LogP contribution in [-0.2, 0) is 0 Å². The van der Waals surface area contributed by atoms with Gasteiger partial charge in [0.25, 0.3) is 0 Å². The first-order valence-electron chi connectivity index (χ1n) is 7.96. The van der Waals surface area contributed by atoms with Crippen LogP contribution in [0.5, 0.6) is 0 Å². The molecule has 4 heteroatoms. The molecule has 0 aliphatic carbocycles. The third kappa shape index (κ3) is 5.50. The molecule has 0 spiro atoms. The standard InChI is InChI=1S/C19H22Cl2O2/c20-16-10-11-17(18(21)13-16)14-6-8-15(9-7-14)19(23)5-3-1-2-4-12-22/h6-11,13,19,22-23H,1-5,12H2. The zero-order valence-electron chi connectivity index (χ0n) is 13.0. The first-order chi connectivity index (χ1) is 11.1. The maximum Gasteiger partial charge on any atom is 0.0790 e. The molecule has 0 radical (unpaired) electrons. The van der Waals surface area contributed by atoms with E-state index < -0.39 is 6.10 Å². The summed E-state index contributed by atoms with van der Waals surface area (Å²) in [7, 11) is 0. The van der Waals surface area contributed by atoms with Gasteiger partial charge in [0.15, 0.2) is 0 Å². The number of halogens is 2. The fourth-order valence-electron chi connectivity index (χ4n) is 2.58. The minimum absolute atomic E-state index is 0.247. The van der Waals surface area contributed by atoms with Crippen molar-refractivity contribution in [1.82, 2.24) is 0 Å². The van der Waals surface area contributed by atoms with E-state index in [4.69, 9.17) is 28.3 Å². The summed E-state index contributed by atoms with van der Waals surface area (Å²) in [5, 5.41) is 20.2. The highest BCUT2D eigenvalue weighted by atomic mass is 35.5. The van der Waals surface area contributed by atoms with E-state index >= 15 is 0 Å². The van der Waals surface area contributed by atoms with E-state index in [1.165, 1.54) is 0 Å². The minimum atomic E-state index is -0.445. The molecule has 124 valence electrons. The molecule has 1 unspecified atom stereocenters. The van der Waals surface area contributed by atoms with Gasteiger partial charge in [0, 0.05) is 22.2 Å². The highest BCUT2D eigenvalue weighted by molar-refractivity contribution is 6.36. The molecule has 0 saturated heterocycles. The minimum Gasteiger partial charge on any atom is -0.396 e. The topological polar surface area (TPSA) is 40.5 Å². The van der Waals surface area contributed by atoms with Gasteiger partial charge in [0.1, 0.15) is 0 Å². The van der Waals surface area contributed by atoms with Crippen molar-refractivity contribution in [3.05, 3.63) is 58.1 Å². The third-order valence-corrected chi connectivity index (χ3v) is 4.47. The molecule has 1 atom stereocenters. The number of benzene rings is 2. The summed E-state index contributed by atoms with van der Waals surface area (Å²) in [6.45, 7) is 0.247. The fraction of sp³-hybridized carbons (Fsp3) is 0.368. The number of rotatable bonds is 8. The molecule has 0 aliphatic rings. The van der Waals surface area contributed by atoms with Crippen molar-refractivity contribution in [1.29, 1.82) is 0 Å². The molecule has 0 aromatic heterocycles. The lowest BCUT2D eigenvalue weighted by atomic mass is 9.99. The van der Waals surface area contributed by atoms with Crippen LogP contribution >= 0.6 is 23.2 Å². The Morgan fingerprint density at radius 1 is 0.870 bits per heavy atom. The summed E-state index contributed by atoms with van der Waals surface area (Å²) >= 11 is 12.1. The summed E-state index contributed by atoms with van der Waals surface area (Å²) in [5.74, 6) is 0. The molecule has 0 aliphatic heterocycles. The predicted octanol–water partition coefficient (Wildman–Crippen LogP) is 5.64. The van der Waals surface area contributed by atoms with Crippen LogP contribution in [0.15, 0.2) is 42.5 Å². The van der Waals surface area contributed by atoms with E-state index in [1.807, 2.05) is 36.4 Å². The zero-order chi connectivity index (χ0) is 16.7. The van der Waals surface area contributed by atoms with Gasteiger partial charge < -0.3 is 10.2 Å². The quantitative estimate of drug-likeness (QED) is 0.603.